The first-order chi connectivity index (χ1) is 8.15. The number of benzene rings is 1. The molecule has 0 radical (unpaired) electrons. The fourth-order valence-electron chi connectivity index (χ4n) is 2.82. The zero-order valence-electron chi connectivity index (χ0n) is 10.9. The Bertz CT molecular complexity index is 346. The molecule has 1 saturated carbocycles. The lowest BCUT2D eigenvalue weighted by Crippen LogP contribution is -2.35. The number of phenols is 1. The van der Waals surface area contributed by atoms with Crippen LogP contribution < -0.4 is 0 Å². The molecule has 1 N–H and O–H groups in total. The van der Waals surface area contributed by atoms with Crippen LogP contribution in [0.25, 0.3) is 0 Å². The Balaban J connectivity index is 1.91. The van der Waals surface area contributed by atoms with Crippen LogP contribution in [0.2, 0.25) is 0 Å². The molecule has 2 heteroatoms. The van der Waals surface area contributed by atoms with Gasteiger partial charge in [-0.1, -0.05) is 31.9 Å². The summed E-state index contributed by atoms with van der Waals surface area (Å²) in [5, 5.41) is 9.26. The predicted octanol–water partition coefficient (Wildman–Crippen LogP) is 3.40. The zero-order chi connectivity index (χ0) is 12.3. The number of hydrogen-bond donors (Lipinski definition) is 1. The summed E-state index contributed by atoms with van der Waals surface area (Å²) in [6.07, 6.45) is 5.42. The van der Waals surface area contributed by atoms with Crippen LogP contribution in [0.5, 0.6) is 5.75 Å². The number of rotatable bonds is 3. The molecule has 0 bridgehead atoms. The molecule has 17 heavy (non-hydrogen) atoms. The quantitative estimate of drug-likeness (QED) is 0.865. The smallest absolute Gasteiger partial charge is 0.115 e. The van der Waals surface area contributed by atoms with Crippen molar-refractivity contribution in [3.63, 3.8) is 0 Å². The third-order valence-electron chi connectivity index (χ3n) is 3.90. The van der Waals surface area contributed by atoms with Gasteiger partial charge in [0, 0.05) is 12.6 Å². The highest BCUT2D eigenvalue weighted by atomic mass is 16.3. The molecule has 94 valence electrons. The Morgan fingerprint density at radius 1 is 1.24 bits per heavy atom. The van der Waals surface area contributed by atoms with Crippen molar-refractivity contribution in [2.75, 3.05) is 7.05 Å². The van der Waals surface area contributed by atoms with E-state index in [0.717, 1.165) is 18.5 Å². The molecule has 2 unspecified atom stereocenters. The van der Waals surface area contributed by atoms with E-state index in [1.807, 2.05) is 12.1 Å². The molecular formula is C15H23NO. The molecule has 1 fully saturated rings. The van der Waals surface area contributed by atoms with Crippen LogP contribution in [0.3, 0.4) is 0 Å². The van der Waals surface area contributed by atoms with Gasteiger partial charge in [0.15, 0.2) is 0 Å². The third kappa shape index (κ3) is 3.47. The van der Waals surface area contributed by atoms with E-state index >= 15 is 0 Å². The monoisotopic (exact) mass is 233 g/mol. The van der Waals surface area contributed by atoms with Gasteiger partial charge >= 0.3 is 0 Å². The molecule has 0 aromatic heterocycles. The van der Waals surface area contributed by atoms with E-state index in [4.69, 9.17) is 0 Å². The number of hydrogen-bond acceptors (Lipinski definition) is 2. The standard InChI is InChI=1S/C15H23NO/c1-12-4-3-5-14(10-12)16(2)11-13-6-8-15(17)9-7-13/h6-9,12,14,17H,3-5,10-11H2,1-2H3. The largest absolute Gasteiger partial charge is 0.508 e. The van der Waals surface area contributed by atoms with E-state index in [1.54, 1.807) is 12.1 Å². The summed E-state index contributed by atoms with van der Waals surface area (Å²) in [5.41, 5.74) is 1.28. The Morgan fingerprint density at radius 2 is 1.94 bits per heavy atom. The van der Waals surface area contributed by atoms with Crippen molar-refractivity contribution in [3.05, 3.63) is 29.8 Å². The Kier molecular flexibility index (Phi) is 4.06. The fourth-order valence-corrected chi connectivity index (χ4v) is 2.82. The van der Waals surface area contributed by atoms with E-state index in [-0.39, 0.29) is 0 Å². The minimum absolute atomic E-state index is 0.350. The molecule has 0 aliphatic heterocycles. The molecule has 2 nitrogen and oxygen atoms in total. The van der Waals surface area contributed by atoms with Crippen LogP contribution >= 0.6 is 0 Å². The van der Waals surface area contributed by atoms with Crippen LogP contribution in [-0.2, 0) is 6.54 Å². The molecule has 1 aromatic carbocycles. The van der Waals surface area contributed by atoms with E-state index in [1.165, 1.54) is 31.2 Å². The van der Waals surface area contributed by atoms with Gasteiger partial charge in [0.1, 0.15) is 5.75 Å². The van der Waals surface area contributed by atoms with E-state index in [2.05, 4.69) is 18.9 Å². The summed E-state index contributed by atoms with van der Waals surface area (Å²) in [7, 11) is 2.22. The second-order valence-electron chi connectivity index (χ2n) is 5.51. The average Bonchev–Trinajstić information content (AvgIpc) is 2.32. The molecule has 2 atom stereocenters. The first kappa shape index (κ1) is 12.4. The number of nitrogens with zero attached hydrogens (tertiary/aromatic N) is 1. The minimum Gasteiger partial charge on any atom is -0.508 e. The Labute approximate surface area is 104 Å². The second-order valence-corrected chi connectivity index (χ2v) is 5.51. The number of phenolic OH excluding ortho intramolecular Hbond substituents is 1. The van der Waals surface area contributed by atoms with Crippen LogP contribution in [0.1, 0.15) is 38.2 Å². The van der Waals surface area contributed by atoms with E-state index < -0.39 is 0 Å². The van der Waals surface area contributed by atoms with Crippen LogP contribution in [-0.4, -0.2) is 23.1 Å². The van der Waals surface area contributed by atoms with Crippen molar-refractivity contribution in [2.24, 2.45) is 5.92 Å². The highest BCUT2D eigenvalue weighted by molar-refractivity contribution is 5.25. The van der Waals surface area contributed by atoms with Crippen molar-refractivity contribution >= 4 is 0 Å². The Morgan fingerprint density at radius 3 is 2.59 bits per heavy atom. The molecule has 1 aliphatic rings. The summed E-state index contributed by atoms with van der Waals surface area (Å²) in [5.74, 6) is 1.22. The predicted molar refractivity (Wildman–Crippen MR) is 71.0 cm³/mol. The molecule has 0 spiro atoms. The molecule has 0 heterocycles. The van der Waals surface area contributed by atoms with Gasteiger partial charge in [-0.3, -0.25) is 4.90 Å². The fraction of sp³-hybridized carbons (Fsp3) is 0.600. The average molecular weight is 233 g/mol. The SMILES string of the molecule is CC1CCCC(N(C)Cc2ccc(O)cc2)C1. The highest BCUT2D eigenvalue weighted by Gasteiger charge is 2.22. The highest BCUT2D eigenvalue weighted by Crippen LogP contribution is 2.27. The molecule has 1 aromatic rings. The normalized spacial score (nSPS) is 25.1. The van der Waals surface area contributed by atoms with Gasteiger partial charge in [0.25, 0.3) is 0 Å². The van der Waals surface area contributed by atoms with Crippen LogP contribution in [0.15, 0.2) is 24.3 Å². The van der Waals surface area contributed by atoms with Gasteiger partial charge in [-0.15, -0.1) is 0 Å². The molecule has 2 rings (SSSR count). The maximum Gasteiger partial charge on any atom is 0.115 e. The first-order valence-corrected chi connectivity index (χ1v) is 6.63. The second kappa shape index (κ2) is 5.54. The van der Waals surface area contributed by atoms with Crippen molar-refractivity contribution < 1.29 is 5.11 Å². The van der Waals surface area contributed by atoms with E-state index in [9.17, 15) is 5.11 Å². The molecule has 1 aliphatic carbocycles. The maximum atomic E-state index is 9.26. The Hall–Kier alpha value is -1.02. The number of aromatic hydroxyl groups is 1. The van der Waals surface area contributed by atoms with Crippen molar-refractivity contribution in [1.29, 1.82) is 0 Å². The van der Waals surface area contributed by atoms with Gasteiger partial charge in [0.2, 0.25) is 0 Å². The van der Waals surface area contributed by atoms with Crippen molar-refractivity contribution in [2.45, 2.75) is 45.2 Å². The lowest BCUT2D eigenvalue weighted by Gasteiger charge is -2.34. The lowest BCUT2D eigenvalue weighted by molar-refractivity contribution is 0.157. The van der Waals surface area contributed by atoms with Crippen molar-refractivity contribution in [3.8, 4) is 5.75 Å². The summed E-state index contributed by atoms with van der Waals surface area (Å²) >= 11 is 0. The van der Waals surface area contributed by atoms with Crippen LogP contribution in [0, 0.1) is 5.92 Å². The summed E-state index contributed by atoms with van der Waals surface area (Å²) in [6, 6.07) is 8.29. The van der Waals surface area contributed by atoms with Gasteiger partial charge in [-0.25, -0.2) is 0 Å². The molecule has 0 amide bonds. The third-order valence-corrected chi connectivity index (χ3v) is 3.90. The molecular weight excluding hydrogens is 210 g/mol. The van der Waals surface area contributed by atoms with Crippen LogP contribution in [0.4, 0.5) is 0 Å². The first-order valence-electron chi connectivity index (χ1n) is 6.63. The maximum absolute atomic E-state index is 9.26. The van der Waals surface area contributed by atoms with Gasteiger partial charge < -0.3 is 5.11 Å². The summed E-state index contributed by atoms with van der Waals surface area (Å²) in [6.45, 7) is 3.35. The van der Waals surface area contributed by atoms with Gasteiger partial charge in [-0.05, 0) is 43.5 Å². The molecule has 0 saturated heterocycles. The van der Waals surface area contributed by atoms with Gasteiger partial charge in [0.05, 0.1) is 0 Å². The topological polar surface area (TPSA) is 23.5 Å². The van der Waals surface area contributed by atoms with Gasteiger partial charge in [-0.2, -0.15) is 0 Å². The summed E-state index contributed by atoms with van der Waals surface area (Å²) < 4.78 is 0. The van der Waals surface area contributed by atoms with Crippen molar-refractivity contribution in [1.82, 2.24) is 4.90 Å². The minimum atomic E-state index is 0.350. The van der Waals surface area contributed by atoms with E-state index in [0.29, 0.717) is 5.75 Å². The summed E-state index contributed by atoms with van der Waals surface area (Å²) in [4.78, 5) is 2.46. The zero-order valence-corrected chi connectivity index (χ0v) is 10.9. The lowest BCUT2D eigenvalue weighted by atomic mass is 9.86.